The van der Waals surface area contributed by atoms with Crippen LogP contribution in [0.2, 0.25) is 0 Å². The molecule has 1 heterocycles. The SMILES string of the molecule is Fc1ccc2sc(CNCC3CC3)nc2c1. The molecule has 3 rings (SSSR count). The average molecular weight is 236 g/mol. The zero-order valence-electron chi connectivity index (χ0n) is 8.87. The van der Waals surface area contributed by atoms with E-state index in [-0.39, 0.29) is 5.82 Å². The molecule has 1 aliphatic rings. The molecule has 1 N–H and O–H groups in total. The number of benzene rings is 1. The second-order valence-corrected chi connectivity index (χ2v) is 5.41. The van der Waals surface area contributed by atoms with Crippen molar-refractivity contribution in [3.63, 3.8) is 0 Å². The Morgan fingerprint density at radius 3 is 3.12 bits per heavy atom. The average Bonchev–Trinajstić information content (AvgIpc) is 2.98. The van der Waals surface area contributed by atoms with Crippen molar-refractivity contribution < 1.29 is 4.39 Å². The van der Waals surface area contributed by atoms with Crippen molar-refractivity contribution in [2.75, 3.05) is 6.54 Å². The Kier molecular flexibility index (Phi) is 2.61. The van der Waals surface area contributed by atoms with Crippen molar-refractivity contribution in [2.45, 2.75) is 19.4 Å². The van der Waals surface area contributed by atoms with Crippen molar-refractivity contribution in [2.24, 2.45) is 5.92 Å². The van der Waals surface area contributed by atoms with Crippen LogP contribution in [0.15, 0.2) is 18.2 Å². The Bertz CT molecular complexity index is 505. The predicted octanol–water partition coefficient (Wildman–Crippen LogP) is 2.94. The topological polar surface area (TPSA) is 24.9 Å². The largest absolute Gasteiger partial charge is 0.310 e. The van der Waals surface area contributed by atoms with Crippen LogP contribution < -0.4 is 5.32 Å². The standard InChI is InChI=1S/C12H13FN2S/c13-9-3-4-11-10(5-9)15-12(16-11)7-14-6-8-1-2-8/h3-5,8,14H,1-2,6-7H2. The van der Waals surface area contributed by atoms with Crippen molar-refractivity contribution in [1.82, 2.24) is 10.3 Å². The minimum Gasteiger partial charge on any atom is -0.310 e. The van der Waals surface area contributed by atoms with Gasteiger partial charge in [0.15, 0.2) is 0 Å². The zero-order valence-corrected chi connectivity index (χ0v) is 9.69. The summed E-state index contributed by atoms with van der Waals surface area (Å²) in [5.74, 6) is 0.669. The van der Waals surface area contributed by atoms with Crippen molar-refractivity contribution >= 4 is 21.6 Å². The van der Waals surface area contributed by atoms with Gasteiger partial charge in [0.2, 0.25) is 0 Å². The van der Waals surface area contributed by atoms with Gasteiger partial charge in [-0.2, -0.15) is 0 Å². The molecule has 0 unspecified atom stereocenters. The van der Waals surface area contributed by atoms with Crippen LogP contribution in [0.4, 0.5) is 4.39 Å². The summed E-state index contributed by atoms with van der Waals surface area (Å²) in [4.78, 5) is 4.41. The van der Waals surface area contributed by atoms with E-state index in [0.29, 0.717) is 0 Å². The highest BCUT2D eigenvalue weighted by atomic mass is 32.1. The molecule has 1 fully saturated rings. The number of rotatable bonds is 4. The number of hydrogen-bond donors (Lipinski definition) is 1. The molecular weight excluding hydrogens is 223 g/mol. The number of nitrogens with zero attached hydrogens (tertiary/aromatic N) is 1. The summed E-state index contributed by atoms with van der Waals surface area (Å²) in [6.07, 6.45) is 2.72. The Morgan fingerprint density at radius 1 is 1.44 bits per heavy atom. The number of thiazole rings is 1. The van der Waals surface area contributed by atoms with Crippen LogP contribution in [0.5, 0.6) is 0 Å². The highest BCUT2D eigenvalue weighted by Gasteiger charge is 2.20. The third-order valence-corrected chi connectivity index (χ3v) is 3.84. The second-order valence-electron chi connectivity index (χ2n) is 4.29. The van der Waals surface area contributed by atoms with Gasteiger partial charge in [0.05, 0.1) is 10.2 Å². The van der Waals surface area contributed by atoms with Crippen molar-refractivity contribution in [3.05, 3.63) is 29.0 Å². The Balaban J connectivity index is 1.71. The molecule has 0 saturated heterocycles. The fourth-order valence-corrected chi connectivity index (χ4v) is 2.65. The van der Waals surface area contributed by atoms with Crippen LogP contribution in [-0.2, 0) is 6.54 Å². The molecule has 1 saturated carbocycles. The Labute approximate surface area is 97.5 Å². The molecule has 16 heavy (non-hydrogen) atoms. The van der Waals surface area contributed by atoms with E-state index in [1.54, 1.807) is 17.4 Å². The van der Waals surface area contributed by atoms with Gasteiger partial charge in [-0.3, -0.25) is 0 Å². The lowest BCUT2D eigenvalue weighted by molar-refractivity contribution is 0.629. The Hall–Kier alpha value is -1.00. The molecule has 4 heteroatoms. The van der Waals surface area contributed by atoms with Crippen LogP contribution in [0, 0.1) is 11.7 Å². The molecule has 1 aromatic carbocycles. The van der Waals surface area contributed by atoms with E-state index in [2.05, 4.69) is 10.3 Å². The molecular formula is C12H13FN2S. The van der Waals surface area contributed by atoms with Crippen molar-refractivity contribution in [3.8, 4) is 0 Å². The van der Waals surface area contributed by atoms with Crippen LogP contribution in [0.1, 0.15) is 17.8 Å². The molecule has 1 aliphatic carbocycles. The van der Waals surface area contributed by atoms with Gasteiger partial charge in [-0.25, -0.2) is 9.37 Å². The van der Waals surface area contributed by atoms with Crippen LogP contribution >= 0.6 is 11.3 Å². The molecule has 0 radical (unpaired) electrons. The van der Waals surface area contributed by atoms with Crippen LogP contribution in [0.25, 0.3) is 10.2 Å². The number of aromatic nitrogens is 1. The summed E-state index contributed by atoms with van der Waals surface area (Å²) in [7, 11) is 0. The molecule has 0 spiro atoms. The number of halogens is 1. The van der Waals surface area contributed by atoms with Gasteiger partial charge < -0.3 is 5.32 Å². The van der Waals surface area contributed by atoms with Gasteiger partial charge >= 0.3 is 0 Å². The first-order chi connectivity index (χ1) is 7.81. The number of fused-ring (bicyclic) bond motifs is 1. The summed E-state index contributed by atoms with van der Waals surface area (Å²) in [6, 6.07) is 4.78. The molecule has 1 aromatic heterocycles. The zero-order chi connectivity index (χ0) is 11.0. The fraction of sp³-hybridized carbons (Fsp3) is 0.417. The highest BCUT2D eigenvalue weighted by Crippen LogP contribution is 2.28. The van der Waals surface area contributed by atoms with E-state index in [9.17, 15) is 4.39 Å². The van der Waals surface area contributed by atoms with Crippen LogP contribution in [-0.4, -0.2) is 11.5 Å². The van der Waals surface area contributed by atoms with E-state index in [1.807, 2.05) is 0 Å². The minimum atomic E-state index is -0.213. The number of hydrogen-bond acceptors (Lipinski definition) is 3. The van der Waals surface area contributed by atoms with Gasteiger partial charge in [0.1, 0.15) is 10.8 Å². The maximum absolute atomic E-state index is 13.0. The van der Waals surface area contributed by atoms with E-state index < -0.39 is 0 Å². The van der Waals surface area contributed by atoms with Crippen molar-refractivity contribution in [1.29, 1.82) is 0 Å². The third kappa shape index (κ3) is 2.23. The summed E-state index contributed by atoms with van der Waals surface area (Å²) >= 11 is 1.64. The highest BCUT2D eigenvalue weighted by molar-refractivity contribution is 7.18. The lowest BCUT2D eigenvalue weighted by Crippen LogP contribution is -2.15. The first kappa shape index (κ1) is 10.2. The van der Waals surface area contributed by atoms with E-state index in [0.717, 1.165) is 34.2 Å². The summed E-state index contributed by atoms with van der Waals surface area (Å²) in [5.41, 5.74) is 0.772. The lowest BCUT2D eigenvalue weighted by atomic mass is 10.3. The maximum Gasteiger partial charge on any atom is 0.125 e. The summed E-state index contributed by atoms with van der Waals surface area (Å²) in [6.45, 7) is 1.89. The first-order valence-corrected chi connectivity index (χ1v) is 6.38. The quantitative estimate of drug-likeness (QED) is 0.883. The molecule has 84 valence electrons. The second kappa shape index (κ2) is 4.11. The smallest absolute Gasteiger partial charge is 0.125 e. The summed E-state index contributed by atoms with van der Waals surface area (Å²) in [5, 5.41) is 4.44. The van der Waals surface area contributed by atoms with E-state index in [4.69, 9.17) is 0 Å². The Morgan fingerprint density at radius 2 is 2.31 bits per heavy atom. The van der Waals surface area contributed by atoms with E-state index in [1.165, 1.54) is 25.0 Å². The van der Waals surface area contributed by atoms with Gasteiger partial charge in [-0.05, 0) is 37.4 Å². The van der Waals surface area contributed by atoms with Gasteiger partial charge in [0.25, 0.3) is 0 Å². The van der Waals surface area contributed by atoms with Crippen LogP contribution in [0.3, 0.4) is 0 Å². The fourth-order valence-electron chi connectivity index (χ4n) is 1.73. The number of nitrogens with one attached hydrogen (secondary N) is 1. The molecule has 0 aliphatic heterocycles. The molecule has 2 aromatic rings. The predicted molar refractivity (Wildman–Crippen MR) is 64.0 cm³/mol. The molecule has 0 bridgehead atoms. The maximum atomic E-state index is 13.0. The molecule has 0 amide bonds. The molecule has 0 atom stereocenters. The summed E-state index contributed by atoms with van der Waals surface area (Å²) < 4.78 is 14.0. The first-order valence-electron chi connectivity index (χ1n) is 5.57. The van der Waals surface area contributed by atoms with Gasteiger partial charge in [-0.1, -0.05) is 0 Å². The lowest BCUT2D eigenvalue weighted by Gasteiger charge is -1.98. The molecule has 2 nitrogen and oxygen atoms in total. The monoisotopic (exact) mass is 236 g/mol. The van der Waals surface area contributed by atoms with E-state index >= 15 is 0 Å². The normalized spacial score (nSPS) is 15.8. The minimum absolute atomic E-state index is 0.213. The third-order valence-electron chi connectivity index (χ3n) is 2.80. The van der Waals surface area contributed by atoms with Gasteiger partial charge in [0, 0.05) is 12.6 Å². The van der Waals surface area contributed by atoms with Gasteiger partial charge in [-0.15, -0.1) is 11.3 Å².